The van der Waals surface area contributed by atoms with Crippen LogP contribution in [-0.2, 0) is 5.41 Å². The van der Waals surface area contributed by atoms with Gasteiger partial charge in [-0.15, -0.1) is 0 Å². The second-order valence-corrected chi connectivity index (χ2v) is 5.51. The van der Waals surface area contributed by atoms with Crippen molar-refractivity contribution in [3.8, 4) is 0 Å². The van der Waals surface area contributed by atoms with Crippen LogP contribution in [0.1, 0.15) is 38.5 Å². The average molecular weight is 245 g/mol. The van der Waals surface area contributed by atoms with Gasteiger partial charge in [0.05, 0.1) is 5.41 Å². The van der Waals surface area contributed by atoms with Crippen LogP contribution >= 0.6 is 0 Å². The first kappa shape index (κ1) is 11.7. The maximum atomic E-state index is 6.02. The number of hydrogen-bond acceptors (Lipinski definition) is 4. The molecule has 0 unspecified atom stereocenters. The molecule has 0 atom stereocenters. The summed E-state index contributed by atoms with van der Waals surface area (Å²) >= 11 is 0. The minimum absolute atomic E-state index is 0.0762. The SMILES string of the molecule is CC1CCC(CN)(c2nc3ncccc3o2)CC1. The Bertz CT molecular complexity index is 508. The van der Waals surface area contributed by atoms with Crippen molar-refractivity contribution in [2.24, 2.45) is 11.7 Å². The van der Waals surface area contributed by atoms with Crippen LogP contribution in [-0.4, -0.2) is 16.5 Å². The normalized spacial score (nSPS) is 28.7. The lowest BCUT2D eigenvalue weighted by Crippen LogP contribution is -2.38. The van der Waals surface area contributed by atoms with E-state index >= 15 is 0 Å². The first-order valence-electron chi connectivity index (χ1n) is 6.66. The summed E-state index contributed by atoms with van der Waals surface area (Å²) in [6.45, 7) is 2.90. The van der Waals surface area contributed by atoms with Gasteiger partial charge in [0.2, 0.25) is 5.89 Å². The minimum atomic E-state index is -0.0762. The molecule has 2 heterocycles. The molecular weight excluding hydrogens is 226 g/mol. The molecule has 0 bridgehead atoms. The molecule has 1 aliphatic rings. The summed E-state index contributed by atoms with van der Waals surface area (Å²) in [5.41, 5.74) is 7.40. The Morgan fingerprint density at radius 2 is 2.22 bits per heavy atom. The highest BCUT2D eigenvalue weighted by molar-refractivity contribution is 5.67. The van der Waals surface area contributed by atoms with Gasteiger partial charge in [0.25, 0.3) is 0 Å². The van der Waals surface area contributed by atoms with Gasteiger partial charge in [0, 0.05) is 12.7 Å². The molecule has 0 spiro atoms. The smallest absolute Gasteiger partial charge is 0.204 e. The topological polar surface area (TPSA) is 64.9 Å². The van der Waals surface area contributed by atoms with E-state index in [1.165, 1.54) is 12.8 Å². The zero-order valence-corrected chi connectivity index (χ0v) is 10.7. The number of fused-ring (bicyclic) bond motifs is 1. The molecule has 18 heavy (non-hydrogen) atoms. The average Bonchev–Trinajstić information content (AvgIpc) is 2.84. The van der Waals surface area contributed by atoms with Crippen molar-refractivity contribution >= 4 is 11.2 Å². The molecule has 0 aliphatic heterocycles. The molecule has 1 aliphatic carbocycles. The molecule has 0 aromatic carbocycles. The van der Waals surface area contributed by atoms with E-state index < -0.39 is 0 Å². The van der Waals surface area contributed by atoms with Crippen LogP contribution in [0, 0.1) is 5.92 Å². The predicted octanol–water partition coefficient (Wildman–Crippen LogP) is 2.63. The minimum Gasteiger partial charge on any atom is -0.438 e. The number of aromatic nitrogens is 2. The Morgan fingerprint density at radius 3 is 2.89 bits per heavy atom. The number of hydrogen-bond donors (Lipinski definition) is 1. The lowest BCUT2D eigenvalue weighted by atomic mass is 9.71. The molecule has 96 valence electrons. The molecule has 2 aromatic heterocycles. The quantitative estimate of drug-likeness (QED) is 0.883. The molecule has 1 saturated carbocycles. The van der Waals surface area contributed by atoms with Gasteiger partial charge >= 0.3 is 0 Å². The van der Waals surface area contributed by atoms with Crippen molar-refractivity contribution in [2.45, 2.75) is 38.0 Å². The van der Waals surface area contributed by atoms with Gasteiger partial charge in [-0.05, 0) is 43.7 Å². The molecule has 4 heteroatoms. The second-order valence-electron chi connectivity index (χ2n) is 5.51. The molecule has 2 N–H and O–H groups in total. The van der Waals surface area contributed by atoms with Crippen molar-refractivity contribution in [1.29, 1.82) is 0 Å². The maximum absolute atomic E-state index is 6.02. The van der Waals surface area contributed by atoms with Gasteiger partial charge < -0.3 is 10.2 Å². The number of rotatable bonds is 2. The van der Waals surface area contributed by atoms with E-state index in [1.807, 2.05) is 12.1 Å². The van der Waals surface area contributed by atoms with Crippen molar-refractivity contribution < 1.29 is 4.42 Å². The molecule has 2 aromatic rings. The van der Waals surface area contributed by atoms with Crippen molar-refractivity contribution in [2.75, 3.05) is 6.54 Å². The molecule has 4 nitrogen and oxygen atoms in total. The molecule has 3 rings (SSSR count). The van der Waals surface area contributed by atoms with Crippen molar-refractivity contribution in [1.82, 2.24) is 9.97 Å². The molecule has 0 saturated heterocycles. The van der Waals surface area contributed by atoms with Gasteiger partial charge in [-0.3, -0.25) is 0 Å². The van der Waals surface area contributed by atoms with Crippen LogP contribution in [0.4, 0.5) is 0 Å². The highest BCUT2D eigenvalue weighted by atomic mass is 16.3. The van der Waals surface area contributed by atoms with Crippen LogP contribution in [0.15, 0.2) is 22.7 Å². The summed E-state index contributed by atoms with van der Waals surface area (Å²) in [6, 6.07) is 3.78. The van der Waals surface area contributed by atoms with E-state index in [1.54, 1.807) is 6.20 Å². The lowest BCUT2D eigenvalue weighted by Gasteiger charge is -2.35. The maximum Gasteiger partial charge on any atom is 0.204 e. The fourth-order valence-electron chi connectivity index (χ4n) is 2.82. The number of oxazole rings is 1. The Balaban J connectivity index is 2.00. The fourth-order valence-corrected chi connectivity index (χ4v) is 2.82. The van der Waals surface area contributed by atoms with Crippen LogP contribution in [0.25, 0.3) is 11.2 Å². The van der Waals surface area contributed by atoms with E-state index in [0.717, 1.165) is 30.2 Å². The van der Waals surface area contributed by atoms with E-state index in [-0.39, 0.29) is 5.41 Å². The number of nitrogens with zero attached hydrogens (tertiary/aromatic N) is 2. The summed E-state index contributed by atoms with van der Waals surface area (Å²) in [5, 5.41) is 0. The lowest BCUT2D eigenvalue weighted by molar-refractivity contribution is 0.210. The Labute approximate surface area is 107 Å². The van der Waals surface area contributed by atoms with Crippen LogP contribution in [0.5, 0.6) is 0 Å². The fraction of sp³-hybridized carbons (Fsp3) is 0.571. The van der Waals surface area contributed by atoms with E-state index in [2.05, 4.69) is 16.9 Å². The van der Waals surface area contributed by atoms with E-state index in [9.17, 15) is 0 Å². The highest BCUT2D eigenvalue weighted by Gasteiger charge is 2.39. The largest absolute Gasteiger partial charge is 0.438 e. The van der Waals surface area contributed by atoms with Gasteiger partial charge in [-0.1, -0.05) is 6.92 Å². The third-order valence-corrected chi connectivity index (χ3v) is 4.24. The zero-order chi connectivity index (χ0) is 12.6. The number of pyridine rings is 1. The van der Waals surface area contributed by atoms with Crippen molar-refractivity contribution in [3.63, 3.8) is 0 Å². The summed E-state index contributed by atoms with van der Waals surface area (Å²) in [5.74, 6) is 1.57. The Morgan fingerprint density at radius 1 is 1.44 bits per heavy atom. The predicted molar refractivity (Wildman–Crippen MR) is 70.2 cm³/mol. The second kappa shape index (κ2) is 4.35. The standard InChI is InChI=1S/C14H19N3O/c1-10-4-6-14(9-15,7-5-10)13-17-12-11(18-13)3-2-8-16-12/h2-3,8,10H,4-7,9,15H2,1H3. The molecule has 0 amide bonds. The Kier molecular flexibility index (Phi) is 2.82. The zero-order valence-electron chi connectivity index (χ0n) is 10.7. The van der Waals surface area contributed by atoms with E-state index in [4.69, 9.17) is 10.2 Å². The third kappa shape index (κ3) is 1.81. The Hall–Kier alpha value is -1.42. The summed E-state index contributed by atoms with van der Waals surface area (Å²) in [4.78, 5) is 8.78. The molecular formula is C14H19N3O. The molecule has 0 radical (unpaired) electrons. The van der Waals surface area contributed by atoms with Crippen LogP contribution in [0.3, 0.4) is 0 Å². The van der Waals surface area contributed by atoms with Gasteiger partial charge in [-0.25, -0.2) is 4.98 Å². The summed E-state index contributed by atoms with van der Waals surface area (Å²) in [7, 11) is 0. The van der Waals surface area contributed by atoms with Gasteiger partial charge in [-0.2, -0.15) is 4.98 Å². The van der Waals surface area contributed by atoms with Gasteiger partial charge in [0.1, 0.15) is 0 Å². The summed E-state index contributed by atoms with van der Waals surface area (Å²) < 4.78 is 5.88. The van der Waals surface area contributed by atoms with E-state index in [0.29, 0.717) is 12.2 Å². The third-order valence-electron chi connectivity index (χ3n) is 4.24. The highest BCUT2D eigenvalue weighted by Crippen LogP contribution is 2.41. The number of nitrogens with two attached hydrogens (primary N) is 1. The van der Waals surface area contributed by atoms with Crippen LogP contribution in [0.2, 0.25) is 0 Å². The summed E-state index contributed by atoms with van der Waals surface area (Å²) in [6.07, 6.45) is 6.27. The first-order chi connectivity index (χ1) is 8.73. The molecule has 1 fully saturated rings. The van der Waals surface area contributed by atoms with Crippen molar-refractivity contribution in [3.05, 3.63) is 24.2 Å². The monoisotopic (exact) mass is 245 g/mol. The first-order valence-corrected chi connectivity index (χ1v) is 6.66. The van der Waals surface area contributed by atoms with Crippen LogP contribution < -0.4 is 5.73 Å². The van der Waals surface area contributed by atoms with Gasteiger partial charge in [0.15, 0.2) is 11.2 Å².